The molecule has 0 saturated carbocycles. The van der Waals surface area contributed by atoms with Gasteiger partial charge in [-0.2, -0.15) is 0 Å². The highest BCUT2D eigenvalue weighted by Gasteiger charge is 2.07. The van der Waals surface area contributed by atoms with Crippen LogP contribution in [-0.4, -0.2) is 0 Å². The van der Waals surface area contributed by atoms with Crippen molar-refractivity contribution < 1.29 is 0 Å². The summed E-state index contributed by atoms with van der Waals surface area (Å²) < 4.78 is 0. The monoisotopic (exact) mass is 264 g/mol. The molecular weight excluding hydrogens is 240 g/mol. The summed E-state index contributed by atoms with van der Waals surface area (Å²) in [5, 5.41) is 0. The van der Waals surface area contributed by atoms with E-state index in [1.54, 1.807) is 0 Å². The molecule has 0 N–H and O–H groups in total. The maximum atomic E-state index is 3.98. The van der Waals surface area contributed by atoms with Gasteiger partial charge in [-0.25, -0.2) is 0 Å². The Balaban J connectivity index is 2.52. The van der Waals surface area contributed by atoms with Gasteiger partial charge in [0.1, 0.15) is 0 Å². The first-order valence-corrected chi connectivity index (χ1v) is 7.54. The summed E-state index contributed by atoms with van der Waals surface area (Å²) in [6.45, 7) is 10.6. The zero-order valence-corrected chi connectivity index (χ0v) is 12.9. The Labute approximate surface area is 123 Å². The minimum absolute atomic E-state index is 1.08. The molecule has 2 aromatic carbocycles. The quantitative estimate of drug-likeness (QED) is 0.638. The molecule has 0 fully saturated rings. The Kier molecular flexibility index (Phi) is 4.79. The molecule has 0 amide bonds. The lowest BCUT2D eigenvalue weighted by atomic mass is 9.92. The van der Waals surface area contributed by atoms with Crippen molar-refractivity contribution in [1.29, 1.82) is 0 Å². The second-order valence-corrected chi connectivity index (χ2v) is 5.37. The summed E-state index contributed by atoms with van der Waals surface area (Å²) in [7, 11) is 0. The lowest BCUT2D eigenvalue weighted by Crippen LogP contribution is -1.95. The van der Waals surface area contributed by atoms with E-state index < -0.39 is 0 Å². The molecule has 0 nitrogen and oxygen atoms in total. The second kappa shape index (κ2) is 6.56. The average molecular weight is 264 g/mol. The molecule has 104 valence electrons. The van der Waals surface area contributed by atoms with Crippen molar-refractivity contribution >= 4 is 6.08 Å². The first kappa shape index (κ1) is 14.6. The lowest BCUT2D eigenvalue weighted by Gasteiger charge is -2.13. The molecule has 0 saturated heterocycles. The minimum Gasteiger partial charge on any atom is -0.0985 e. The fraction of sp³-hybridized carbons (Fsp3) is 0.300. The summed E-state index contributed by atoms with van der Waals surface area (Å²) in [6, 6.07) is 13.4. The molecule has 2 aromatic rings. The molecule has 0 heteroatoms. The van der Waals surface area contributed by atoms with E-state index in [2.05, 4.69) is 63.7 Å². The van der Waals surface area contributed by atoms with Crippen molar-refractivity contribution in [2.45, 2.75) is 40.0 Å². The van der Waals surface area contributed by atoms with Gasteiger partial charge in [-0.1, -0.05) is 63.3 Å². The fourth-order valence-electron chi connectivity index (χ4n) is 2.76. The Hall–Kier alpha value is -1.82. The van der Waals surface area contributed by atoms with Gasteiger partial charge in [0, 0.05) is 0 Å². The number of hydrogen-bond donors (Lipinski definition) is 0. The van der Waals surface area contributed by atoms with E-state index in [9.17, 15) is 0 Å². The van der Waals surface area contributed by atoms with Crippen LogP contribution in [0.2, 0.25) is 0 Å². The molecule has 0 aliphatic rings. The molecule has 0 heterocycles. The molecule has 0 spiro atoms. The summed E-state index contributed by atoms with van der Waals surface area (Å²) in [5.74, 6) is 0. The van der Waals surface area contributed by atoms with Crippen LogP contribution in [-0.2, 0) is 12.8 Å². The molecule has 2 rings (SSSR count). The van der Waals surface area contributed by atoms with Crippen LogP contribution in [0.5, 0.6) is 0 Å². The summed E-state index contributed by atoms with van der Waals surface area (Å²) in [6.07, 6.45) is 5.37. The van der Waals surface area contributed by atoms with Crippen molar-refractivity contribution in [1.82, 2.24) is 0 Å². The Morgan fingerprint density at radius 2 is 1.85 bits per heavy atom. The van der Waals surface area contributed by atoms with Gasteiger partial charge in [0.2, 0.25) is 0 Å². The van der Waals surface area contributed by atoms with Crippen LogP contribution in [0.1, 0.15) is 42.5 Å². The van der Waals surface area contributed by atoms with Crippen LogP contribution in [0.4, 0.5) is 0 Å². The number of benzene rings is 2. The van der Waals surface area contributed by atoms with Crippen LogP contribution in [0.15, 0.2) is 43.0 Å². The third kappa shape index (κ3) is 3.01. The van der Waals surface area contributed by atoms with E-state index >= 15 is 0 Å². The van der Waals surface area contributed by atoms with Crippen LogP contribution in [0.25, 0.3) is 17.2 Å². The van der Waals surface area contributed by atoms with Gasteiger partial charge in [0.25, 0.3) is 0 Å². The Morgan fingerprint density at radius 1 is 1.05 bits per heavy atom. The molecule has 0 unspecified atom stereocenters. The number of rotatable bonds is 5. The van der Waals surface area contributed by atoms with E-state index in [4.69, 9.17) is 0 Å². The Morgan fingerprint density at radius 3 is 2.50 bits per heavy atom. The summed E-state index contributed by atoms with van der Waals surface area (Å²) >= 11 is 0. The molecule has 0 aromatic heterocycles. The lowest BCUT2D eigenvalue weighted by molar-refractivity contribution is 0.910. The Bertz CT molecular complexity index is 605. The fourth-order valence-corrected chi connectivity index (χ4v) is 2.76. The number of hydrogen-bond acceptors (Lipinski definition) is 0. The van der Waals surface area contributed by atoms with Crippen LogP contribution in [0, 0.1) is 6.92 Å². The highest BCUT2D eigenvalue weighted by Crippen LogP contribution is 2.27. The average Bonchev–Trinajstić information content (AvgIpc) is 2.49. The smallest absolute Gasteiger partial charge is 0.0175 e. The van der Waals surface area contributed by atoms with Crippen molar-refractivity contribution in [3.05, 3.63) is 65.2 Å². The zero-order chi connectivity index (χ0) is 14.5. The predicted octanol–water partition coefficient (Wildman–Crippen LogP) is 5.82. The van der Waals surface area contributed by atoms with Gasteiger partial charge in [-0.3, -0.25) is 0 Å². The van der Waals surface area contributed by atoms with Gasteiger partial charge in [-0.05, 0) is 59.2 Å². The summed E-state index contributed by atoms with van der Waals surface area (Å²) in [4.78, 5) is 0. The van der Waals surface area contributed by atoms with Gasteiger partial charge < -0.3 is 0 Å². The maximum Gasteiger partial charge on any atom is -0.0175 e. The van der Waals surface area contributed by atoms with Gasteiger partial charge in [0.05, 0.1) is 0 Å². The molecule has 20 heavy (non-hydrogen) atoms. The van der Waals surface area contributed by atoms with Crippen molar-refractivity contribution in [2.75, 3.05) is 0 Å². The zero-order valence-electron chi connectivity index (χ0n) is 12.9. The van der Waals surface area contributed by atoms with E-state index in [1.165, 1.54) is 39.8 Å². The third-order valence-corrected chi connectivity index (χ3v) is 3.90. The van der Waals surface area contributed by atoms with Gasteiger partial charge in [0.15, 0.2) is 0 Å². The highest BCUT2D eigenvalue weighted by atomic mass is 14.1. The van der Waals surface area contributed by atoms with Gasteiger partial charge >= 0.3 is 0 Å². The molecule has 0 aliphatic carbocycles. The normalized spacial score (nSPS) is 10.6. The second-order valence-electron chi connectivity index (χ2n) is 5.37. The van der Waals surface area contributed by atoms with Gasteiger partial charge in [-0.15, -0.1) is 0 Å². The highest BCUT2D eigenvalue weighted by molar-refractivity contribution is 5.70. The topological polar surface area (TPSA) is 0 Å². The van der Waals surface area contributed by atoms with Crippen LogP contribution < -0.4 is 0 Å². The largest absolute Gasteiger partial charge is 0.0985 e. The predicted molar refractivity (Wildman–Crippen MR) is 90.1 cm³/mol. The van der Waals surface area contributed by atoms with Crippen molar-refractivity contribution in [3.63, 3.8) is 0 Å². The SMILES string of the molecule is C=Cc1cc(-c2cccc(CC)c2)cc(C)c1CCC. The molecule has 0 radical (unpaired) electrons. The van der Waals surface area contributed by atoms with Crippen molar-refractivity contribution in [3.8, 4) is 11.1 Å². The van der Waals surface area contributed by atoms with Crippen LogP contribution >= 0.6 is 0 Å². The van der Waals surface area contributed by atoms with E-state index in [0.717, 1.165) is 12.8 Å². The number of aryl methyl sites for hydroxylation is 2. The van der Waals surface area contributed by atoms with E-state index in [-0.39, 0.29) is 0 Å². The minimum atomic E-state index is 1.08. The third-order valence-electron chi connectivity index (χ3n) is 3.90. The van der Waals surface area contributed by atoms with E-state index in [1.807, 2.05) is 6.08 Å². The maximum absolute atomic E-state index is 3.98. The summed E-state index contributed by atoms with van der Waals surface area (Å²) in [5.41, 5.74) is 8.09. The first-order valence-electron chi connectivity index (χ1n) is 7.54. The molecular formula is C20H24. The molecule has 0 aliphatic heterocycles. The van der Waals surface area contributed by atoms with Crippen LogP contribution in [0.3, 0.4) is 0 Å². The van der Waals surface area contributed by atoms with E-state index in [0.29, 0.717) is 0 Å². The molecule has 0 atom stereocenters. The van der Waals surface area contributed by atoms with Crippen molar-refractivity contribution in [2.24, 2.45) is 0 Å². The first-order chi connectivity index (χ1) is 9.69. The standard InChI is InChI=1S/C20H24/c1-5-9-20-15(4)12-19(14-17(20)7-3)18-11-8-10-16(6-2)13-18/h7-8,10-14H,3,5-6,9H2,1-2,4H3. The molecule has 0 bridgehead atoms.